The van der Waals surface area contributed by atoms with Gasteiger partial charge in [0.2, 0.25) is 0 Å². The Bertz CT molecular complexity index is 779. The lowest BCUT2D eigenvalue weighted by atomic mass is 10.2. The number of rotatable bonds is 6. The monoisotopic (exact) mass is 353 g/mol. The van der Waals surface area contributed by atoms with Gasteiger partial charge in [0, 0.05) is 31.8 Å². The average molecular weight is 353 g/mol. The van der Waals surface area contributed by atoms with Crippen LogP contribution in [0, 0.1) is 6.92 Å². The second-order valence-corrected chi connectivity index (χ2v) is 6.39. The van der Waals surface area contributed by atoms with Crippen LogP contribution in [0.25, 0.3) is 6.08 Å². The molecule has 1 aromatic heterocycles. The molecular formula is C19H23N5O2. The van der Waals surface area contributed by atoms with E-state index in [4.69, 9.17) is 5.21 Å². The molecule has 0 radical (unpaired) electrons. The van der Waals surface area contributed by atoms with Crippen LogP contribution < -0.4 is 10.8 Å². The molecule has 0 unspecified atom stereocenters. The number of hydroxylamine groups is 1. The van der Waals surface area contributed by atoms with E-state index in [1.807, 2.05) is 13.0 Å². The van der Waals surface area contributed by atoms with Gasteiger partial charge in [0.25, 0.3) is 5.91 Å². The fourth-order valence-corrected chi connectivity index (χ4v) is 3.05. The molecular weight excluding hydrogens is 330 g/mol. The second kappa shape index (κ2) is 8.55. The number of nitrogens with zero attached hydrogens (tertiary/aromatic N) is 3. The van der Waals surface area contributed by atoms with Crippen molar-refractivity contribution in [3.63, 3.8) is 0 Å². The van der Waals surface area contributed by atoms with Crippen molar-refractivity contribution in [3.8, 4) is 0 Å². The van der Waals surface area contributed by atoms with Gasteiger partial charge in [-0.1, -0.05) is 30.3 Å². The molecule has 3 rings (SSSR count). The molecule has 26 heavy (non-hydrogen) atoms. The van der Waals surface area contributed by atoms with Crippen molar-refractivity contribution in [2.45, 2.75) is 25.9 Å². The Morgan fingerprint density at radius 1 is 1.38 bits per heavy atom. The molecule has 1 aliphatic heterocycles. The van der Waals surface area contributed by atoms with Gasteiger partial charge in [0.15, 0.2) is 0 Å². The van der Waals surface area contributed by atoms with Crippen LogP contribution in [-0.4, -0.2) is 45.1 Å². The van der Waals surface area contributed by atoms with E-state index in [0.29, 0.717) is 11.7 Å². The first-order chi connectivity index (χ1) is 12.6. The number of hydrogen-bond acceptors (Lipinski definition) is 6. The van der Waals surface area contributed by atoms with Crippen molar-refractivity contribution in [2.24, 2.45) is 0 Å². The predicted octanol–water partition coefficient (Wildman–Crippen LogP) is 1.99. The Morgan fingerprint density at radius 3 is 2.92 bits per heavy atom. The summed E-state index contributed by atoms with van der Waals surface area (Å²) in [6, 6.07) is 10.8. The maximum atomic E-state index is 11.0. The van der Waals surface area contributed by atoms with Crippen LogP contribution in [0.2, 0.25) is 0 Å². The van der Waals surface area contributed by atoms with E-state index in [1.165, 1.54) is 23.2 Å². The quantitative estimate of drug-likeness (QED) is 0.418. The van der Waals surface area contributed by atoms with E-state index in [2.05, 4.69) is 44.5 Å². The highest BCUT2D eigenvalue weighted by Gasteiger charge is 2.23. The maximum absolute atomic E-state index is 11.0. The smallest absolute Gasteiger partial charge is 0.267 e. The van der Waals surface area contributed by atoms with Gasteiger partial charge in [-0.3, -0.25) is 14.9 Å². The molecule has 0 bridgehead atoms. The zero-order valence-corrected chi connectivity index (χ0v) is 14.7. The van der Waals surface area contributed by atoms with Crippen LogP contribution in [0.5, 0.6) is 0 Å². The van der Waals surface area contributed by atoms with Crippen LogP contribution in [0.15, 0.2) is 42.6 Å². The average Bonchev–Trinajstić information content (AvgIpc) is 3.09. The molecule has 1 aliphatic rings. The largest absolute Gasteiger partial charge is 0.365 e. The highest BCUT2D eigenvalue weighted by atomic mass is 16.5. The Kier molecular flexibility index (Phi) is 5.93. The topological polar surface area (TPSA) is 90.4 Å². The van der Waals surface area contributed by atoms with E-state index in [-0.39, 0.29) is 0 Å². The van der Waals surface area contributed by atoms with Crippen molar-refractivity contribution >= 4 is 17.8 Å². The van der Waals surface area contributed by atoms with Crippen LogP contribution in [0.1, 0.15) is 23.4 Å². The van der Waals surface area contributed by atoms with E-state index >= 15 is 0 Å². The number of aromatic nitrogens is 2. The van der Waals surface area contributed by atoms with Crippen molar-refractivity contribution in [1.29, 1.82) is 0 Å². The van der Waals surface area contributed by atoms with Crippen LogP contribution in [-0.2, 0) is 11.3 Å². The number of likely N-dealkylation sites (tertiary alicyclic amines) is 1. The molecule has 0 spiro atoms. The summed E-state index contributed by atoms with van der Waals surface area (Å²) in [5.41, 5.74) is 4.21. The lowest BCUT2D eigenvalue weighted by Gasteiger charge is -2.17. The molecule has 7 heteroatoms. The van der Waals surface area contributed by atoms with Gasteiger partial charge in [0.1, 0.15) is 5.82 Å². The molecule has 1 fully saturated rings. The third kappa shape index (κ3) is 4.87. The molecule has 0 aliphatic carbocycles. The number of aryl methyl sites for hydroxylation is 1. The summed E-state index contributed by atoms with van der Waals surface area (Å²) in [6.45, 7) is 4.86. The first-order valence-corrected chi connectivity index (χ1v) is 8.62. The van der Waals surface area contributed by atoms with Gasteiger partial charge < -0.3 is 5.32 Å². The third-order valence-corrected chi connectivity index (χ3v) is 4.34. The molecule has 1 atom stereocenters. The fraction of sp³-hybridized carbons (Fsp3) is 0.316. The highest BCUT2D eigenvalue weighted by Crippen LogP contribution is 2.18. The summed E-state index contributed by atoms with van der Waals surface area (Å²) in [5.74, 6) is 0.163. The minimum Gasteiger partial charge on any atom is -0.365 e. The number of anilines is 1. The molecule has 2 aromatic rings. The molecule has 3 N–H and O–H groups in total. The van der Waals surface area contributed by atoms with Crippen LogP contribution >= 0.6 is 0 Å². The minimum atomic E-state index is -0.601. The summed E-state index contributed by atoms with van der Waals surface area (Å²) < 4.78 is 0. The Morgan fingerprint density at radius 2 is 2.19 bits per heavy atom. The lowest BCUT2D eigenvalue weighted by Crippen LogP contribution is -2.26. The number of nitrogens with one attached hydrogen (secondary N) is 2. The number of carbonyl (C=O) groups is 1. The Balaban J connectivity index is 1.56. The molecule has 2 heterocycles. The number of hydrogen-bond donors (Lipinski definition) is 3. The van der Waals surface area contributed by atoms with Crippen molar-refractivity contribution < 1.29 is 10.0 Å². The first-order valence-electron chi connectivity index (χ1n) is 8.62. The van der Waals surface area contributed by atoms with Crippen molar-refractivity contribution in [1.82, 2.24) is 20.3 Å². The first kappa shape index (κ1) is 18.0. The van der Waals surface area contributed by atoms with Gasteiger partial charge >= 0.3 is 0 Å². The summed E-state index contributed by atoms with van der Waals surface area (Å²) in [5, 5.41) is 12.0. The zero-order chi connectivity index (χ0) is 18.4. The number of amides is 1. The van der Waals surface area contributed by atoms with Gasteiger partial charge in [-0.05, 0) is 25.0 Å². The molecule has 136 valence electrons. The van der Waals surface area contributed by atoms with Crippen molar-refractivity contribution in [2.75, 3.05) is 18.4 Å². The van der Waals surface area contributed by atoms with Crippen molar-refractivity contribution in [3.05, 3.63) is 59.6 Å². The van der Waals surface area contributed by atoms with Gasteiger partial charge in [0.05, 0.1) is 17.6 Å². The number of carbonyl (C=O) groups excluding carboxylic acids is 1. The van der Waals surface area contributed by atoms with E-state index in [9.17, 15) is 4.79 Å². The highest BCUT2D eigenvalue weighted by molar-refractivity contribution is 5.90. The SMILES string of the molecule is Cc1nc(/C=C/C(=O)NO)cnc1N[C@@H]1CCN(Cc2ccccc2)C1. The molecule has 7 nitrogen and oxygen atoms in total. The van der Waals surface area contributed by atoms with Gasteiger partial charge in [-0.2, -0.15) is 0 Å². The summed E-state index contributed by atoms with van der Waals surface area (Å²) >= 11 is 0. The fourth-order valence-electron chi connectivity index (χ4n) is 3.05. The number of benzene rings is 1. The molecule has 0 saturated carbocycles. The lowest BCUT2D eigenvalue weighted by molar-refractivity contribution is -0.124. The zero-order valence-electron chi connectivity index (χ0n) is 14.7. The van der Waals surface area contributed by atoms with Crippen LogP contribution in [0.4, 0.5) is 5.82 Å². The standard InChI is InChI=1S/C19H23N5O2/c1-14-19(20-11-16(21-14)7-8-18(25)23-26)22-17-9-10-24(13-17)12-15-5-3-2-4-6-15/h2-8,11,17,26H,9-10,12-13H2,1H3,(H,20,22)(H,23,25)/b8-7+/t17-/m1/s1. The van der Waals surface area contributed by atoms with E-state index in [1.54, 1.807) is 6.20 Å². The summed E-state index contributed by atoms with van der Waals surface area (Å²) in [7, 11) is 0. The molecule has 1 saturated heterocycles. The summed E-state index contributed by atoms with van der Waals surface area (Å²) in [4.78, 5) is 22.3. The third-order valence-electron chi connectivity index (χ3n) is 4.34. The molecule has 1 amide bonds. The van der Waals surface area contributed by atoms with E-state index in [0.717, 1.165) is 37.6 Å². The Hall–Kier alpha value is -2.77. The van der Waals surface area contributed by atoms with E-state index < -0.39 is 5.91 Å². The molecule has 1 aromatic carbocycles. The predicted molar refractivity (Wildman–Crippen MR) is 99.5 cm³/mol. The van der Waals surface area contributed by atoms with Crippen LogP contribution in [0.3, 0.4) is 0 Å². The van der Waals surface area contributed by atoms with Gasteiger partial charge in [-0.15, -0.1) is 0 Å². The van der Waals surface area contributed by atoms with Gasteiger partial charge in [-0.25, -0.2) is 15.4 Å². The Labute approximate surface area is 152 Å². The summed E-state index contributed by atoms with van der Waals surface area (Å²) in [6.07, 6.45) is 5.38. The second-order valence-electron chi connectivity index (χ2n) is 6.39. The minimum absolute atomic E-state index is 0.341. The maximum Gasteiger partial charge on any atom is 0.267 e. The normalized spacial score (nSPS) is 17.5.